The molecule has 0 bridgehead atoms. The summed E-state index contributed by atoms with van der Waals surface area (Å²) in [5, 5.41) is 6.70. The van der Waals surface area contributed by atoms with Gasteiger partial charge < -0.3 is 20.0 Å². The zero-order valence-electron chi connectivity index (χ0n) is 15.2. The number of hydrogen-bond acceptors (Lipinski definition) is 4. The van der Waals surface area contributed by atoms with E-state index in [1.165, 1.54) is 18.5 Å². The fraction of sp³-hybridized carbons (Fsp3) is 0.474. The third kappa shape index (κ3) is 4.82. The second-order valence-electron chi connectivity index (χ2n) is 6.73. The standard InChI is InChI=1S/C19H27N5O/c1-14-4-6-16(7-5-14)18-23-17(13-25-18)11-22-19(20-2)21-10-15-8-9-24(3)12-15/h4-7,13,15H,8-12H2,1-3H3,(H2,20,21,22). The predicted octanol–water partition coefficient (Wildman–Crippen LogP) is 2.27. The average molecular weight is 341 g/mol. The summed E-state index contributed by atoms with van der Waals surface area (Å²) in [6.07, 6.45) is 2.94. The lowest BCUT2D eigenvalue weighted by molar-refractivity contribution is 0.394. The molecule has 0 radical (unpaired) electrons. The molecule has 0 spiro atoms. The molecule has 1 aliphatic rings. The third-order valence-corrected chi connectivity index (χ3v) is 4.56. The number of likely N-dealkylation sites (tertiary alicyclic amines) is 1. The van der Waals surface area contributed by atoms with Crippen molar-refractivity contribution in [1.82, 2.24) is 20.5 Å². The molecule has 0 aliphatic carbocycles. The highest BCUT2D eigenvalue weighted by atomic mass is 16.3. The van der Waals surface area contributed by atoms with Crippen LogP contribution in [0.2, 0.25) is 0 Å². The summed E-state index contributed by atoms with van der Waals surface area (Å²) in [7, 11) is 3.96. The van der Waals surface area contributed by atoms with Crippen LogP contribution in [0, 0.1) is 12.8 Å². The number of guanidine groups is 1. The van der Waals surface area contributed by atoms with Crippen molar-refractivity contribution in [3.05, 3.63) is 41.8 Å². The second-order valence-corrected chi connectivity index (χ2v) is 6.73. The van der Waals surface area contributed by atoms with Crippen LogP contribution in [-0.2, 0) is 6.54 Å². The van der Waals surface area contributed by atoms with Crippen molar-refractivity contribution in [2.24, 2.45) is 10.9 Å². The molecule has 6 nitrogen and oxygen atoms in total. The van der Waals surface area contributed by atoms with Gasteiger partial charge in [-0.25, -0.2) is 4.98 Å². The van der Waals surface area contributed by atoms with E-state index in [0.29, 0.717) is 18.4 Å². The molecular formula is C19H27N5O. The Balaban J connectivity index is 1.49. The number of aryl methyl sites for hydroxylation is 1. The van der Waals surface area contributed by atoms with Crippen molar-refractivity contribution in [3.63, 3.8) is 0 Å². The van der Waals surface area contributed by atoms with E-state index < -0.39 is 0 Å². The van der Waals surface area contributed by atoms with Crippen LogP contribution in [0.15, 0.2) is 39.9 Å². The van der Waals surface area contributed by atoms with Crippen LogP contribution in [0.25, 0.3) is 11.5 Å². The molecular weight excluding hydrogens is 314 g/mol. The number of aromatic nitrogens is 1. The zero-order chi connectivity index (χ0) is 17.6. The van der Waals surface area contributed by atoms with E-state index >= 15 is 0 Å². The topological polar surface area (TPSA) is 65.7 Å². The molecule has 134 valence electrons. The van der Waals surface area contributed by atoms with Gasteiger partial charge in [-0.15, -0.1) is 0 Å². The molecule has 6 heteroatoms. The summed E-state index contributed by atoms with van der Waals surface area (Å²) in [6, 6.07) is 8.17. The van der Waals surface area contributed by atoms with Gasteiger partial charge in [-0.1, -0.05) is 17.7 Å². The van der Waals surface area contributed by atoms with Gasteiger partial charge in [0.05, 0.1) is 12.2 Å². The first kappa shape index (κ1) is 17.5. The molecule has 3 rings (SSSR count). The molecule has 1 aliphatic heterocycles. The van der Waals surface area contributed by atoms with Gasteiger partial charge in [-0.3, -0.25) is 4.99 Å². The van der Waals surface area contributed by atoms with Gasteiger partial charge in [-0.2, -0.15) is 0 Å². The lowest BCUT2D eigenvalue weighted by atomic mass is 10.1. The van der Waals surface area contributed by atoms with Crippen LogP contribution in [0.1, 0.15) is 17.7 Å². The van der Waals surface area contributed by atoms with E-state index in [1.54, 1.807) is 13.3 Å². The second kappa shape index (κ2) is 8.16. The number of aliphatic imine (C=N–C) groups is 1. The smallest absolute Gasteiger partial charge is 0.226 e. The van der Waals surface area contributed by atoms with Gasteiger partial charge in [0.15, 0.2) is 5.96 Å². The maximum Gasteiger partial charge on any atom is 0.226 e. The fourth-order valence-electron chi connectivity index (χ4n) is 3.05. The van der Waals surface area contributed by atoms with Gasteiger partial charge in [0.1, 0.15) is 6.26 Å². The summed E-state index contributed by atoms with van der Waals surface area (Å²) in [6.45, 7) is 5.92. The number of oxazole rings is 1. The molecule has 2 aromatic rings. The number of nitrogens with zero attached hydrogens (tertiary/aromatic N) is 3. The minimum absolute atomic E-state index is 0.583. The van der Waals surface area contributed by atoms with Crippen LogP contribution in [0.4, 0.5) is 0 Å². The number of hydrogen-bond donors (Lipinski definition) is 2. The summed E-state index contributed by atoms with van der Waals surface area (Å²) < 4.78 is 5.59. The van der Waals surface area contributed by atoms with E-state index in [9.17, 15) is 0 Å². The van der Waals surface area contributed by atoms with Gasteiger partial charge >= 0.3 is 0 Å². The summed E-state index contributed by atoms with van der Waals surface area (Å²) >= 11 is 0. The van der Waals surface area contributed by atoms with Crippen molar-refractivity contribution in [2.45, 2.75) is 19.9 Å². The highest BCUT2D eigenvalue weighted by Gasteiger charge is 2.19. The molecule has 0 amide bonds. The Morgan fingerprint density at radius 3 is 2.80 bits per heavy atom. The molecule has 2 N–H and O–H groups in total. The maximum absolute atomic E-state index is 5.59. The predicted molar refractivity (Wildman–Crippen MR) is 100 cm³/mol. The van der Waals surface area contributed by atoms with E-state index in [1.807, 2.05) is 12.1 Å². The maximum atomic E-state index is 5.59. The minimum Gasteiger partial charge on any atom is -0.444 e. The van der Waals surface area contributed by atoms with Crippen molar-refractivity contribution in [2.75, 3.05) is 33.7 Å². The first-order chi connectivity index (χ1) is 12.1. The zero-order valence-corrected chi connectivity index (χ0v) is 15.2. The molecule has 1 unspecified atom stereocenters. The summed E-state index contributed by atoms with van der Waals surface area (Å²) in [5.74, 6) is 2.13. The van der Waals surface area contributed by atoms with Crippen LogP contribution in [0.3, 0.4) is 0 Å². The van der Waals surface area contributed by atoms with Crippen LogP contribution >= 0.6 is 0 Å². The fourth-order valence-corrected chi connectivity index (χ4v) is 3.05. The lowest BCUT2D eigenvalue weighted by Gasteiger charge is -2.14. The largest absolute Gasteiger partial charge is 0.444 e. The van der Waals surface area contributed by atoms with Gasteiger partial charge in [0.2, 0.25) is 5.89 Å². The quantitative estimate of drug-likeness (QED) is 0.645. The Morgan fingerprint density at radius 1 is 1.32 bits per heavy atom. The Hall–Kier alpha value is -2.34. The van der Waals surface area contributed by atoms with Crippen molar-refractivity contribution >= 4 is 5.96 Å². The van der Waals surface area contributed by atoms with E-state index in [2.05, 4.69) is 51.6 Å². The molecule has 0 saturated carbocycles. The number of benzene rings is 1. The van der Waals surface area contributed by atoms with Crippen molar-refractivity contribution in [3.8, 4) is 11.5 Å². The highest BCUT2D eigenvalue weighted by molar-refractivity contribution is 5.79. The average Bonchev–Trinajstić information content (AvgIpc) is 3.25. The summed E-state index contributed by atoms with van der Waals surface area (Å²) in [4.78, 5) is 11.2. The molecule has 1 atom stereocenters. The molecule has 1 fully saturated rings. The monoisotopic (exact) mass is 341 g/mol. The first-order valence-electron chi connectivity index (χ1n) is 8.78. The Bertz CT molecular complexity index is 707. The van der Waals surface area contributed by atoms with Crippen LogP contribution in [0.5, 0.6) is 0 Å². The third-order valence-electron chi connectivity index (χ3n) is 4.56. The van der Waals surface area contributed by atoms with Gasteiger partial charge in [0.25, 0.3) is 0 Å². The van der Waals surface area contributed by atoms with Crippen molar-refractivity contribution < 1.29 is 4.42 Å². The van der Waals surface area contributed by atoms with Crippen LogP contribution in [-0.4, -0.2) is 49.6 Å². The van der Waals surface area contributed by atoms with Gasteiger partial charge in [-0.05, 0) is 45.0 Å². The Labute approximate surface area is 149 Å². The first-order valence-corrected chi connectivity index (χ1v) is 8.78. The van der Waals surface area contributed by atoms with E-state index in [0.717, 1.165) is 30.3 Å². The Kier molecular flexibility index (Phi) is 5.71. The molecule has 1 aromatic heterocycles. The van der Waals surface area contributed by atoms with Crippen molar-refractivity contribution in [1.29, 1.82) is 0 Å². The highest BCUT2D eigenvalue weighted by Crippen LogP contribution is 2.19. The number of rotatable bonds is 5. The minimum atomic E-state index is 0.583. The molecule has 1 aromatic carbocycles. The lowest BCUT2D eigenvalue weighted by Crippen LogP contribution is -2.39. The summed E-state index contributed by atoms with van der Waals surface area (Å²) in [5.41, 5.74) is 3.07. The van der Waals surface area contributed by atoms with Crippen LogP contribution < -0.4 is 10.6 Å². The number of nitrogens with one attached hydrogen (secondary N) is 2. The van der Waals surface area contributed by atoms with Gasteiger partial charge in [0, 0.05) is 25.7 Å². The van der Waals surface area contributed by atoms with E-state index in [-0.39, 0.29) is 0 Å². The molecule has 2 heterocycles. The molecule has 25 heavy (non-hydrogen) atoms. The Morgan fingerprint density at radius 2 is 2.12 bits per heavy atom. The molecule has 1 saturated heterocycles. The van der Waals surface area contributed by atoms with E-state index in [4.69, 9.17) is 4.42 Å². The normalized spacial score (nSPS) is 18.5. The SMILES string of the molecule is CN=C(NCc1coc(-c2ccc(C)cc2)n1)NCC1CCN(C)C1.